The van der Waals surface area contributed by atoms with Crippen molar-refractivity contribution in [3.63, 3.8) is 0 Å². The number of carbonyl (C=O) groups is 2. The fourth-order valence-corrected chi connectivity index (χ4v) is 2.10. The molecule has 1 unspecified atom stereocenters. The fraction of sp³-hybridized carbons (Fsp3) is 0.333. The smallest absolute Gasteiger partial charge is 0.246 e. The minimum Gasteiger partial charge on any atom is -0.489 e. The second kappa shape index (κ2) is 8.52. The fourth-order valence-electron chi connectivity index (χ4n) is 2.10. The predicted octanol–water partition coefficient (Wildman–Crippen LogP) is 3.75. The summed E-state index contributed by atoms with van der Waals surface area (Å²) >= 11 is 0. The minimum absolute atomic E-state index is 0.162. The molecule has 2 aromatic rings. The van der Waals surface area contributed by atoms with Crippen LogP contribution < -0.4 is 15.4 Å². The molecule has 26 heavy (non-hydrogen) atoms. The molecule has 0 bridgehead atoms. The summed E-state index contributed by atoms with van der Waals surface area (Å²) in [4.78, 5) is 24.2. The lowest BCUT2D eigenvalue weighted by Gasteiger charge is -2.21. The van der Waals surface area contributed by atoms with Crippen LogP contribution >= 0.6 is 0 Å². The lowest BCUT2D eigenvalue weighted by atomic mass is 9.95. The number of ether oxygens (including phenoxy) is 1. The first-order valence-corrected chi connectivity index (χ1v) is 8.64. The second-order valence-electron chi connectivity index (χ2n) is 7.23. The molecule has 5 nitrogen and oxygen atoms in total. The van der Waals surface area contributed by atoms with E-state index in [1.165, 1.54) is 0 Å². The molecule has 0 saturated heterocycles. The third kappa shape index (κ3) is 5.92. The van der Waals surface area contributed by atoms with Crippen LogP contribution in [0.1, 0.15) is 33.3 Å². The Labute approximate surface area is 154 Å². The van der Waals surface area contributed by atoms with Crippen LogP contribution in [0.25, 0.3) is 0 Å². The van der Waals surface area contributed by atoms with Crippen LogP contribution in [0.4, 0.5) is 5.69 Å². The molecule has 5 heteroatoms. The summed E-state index contributed by atoms with van der Waals surface area (Å²) in [6, 6.07) is 16.4. The normalized spacial score (nSPS) is 12.2. The third-order valence-corrected chi connectivity index (χ3v) is 3.79. The average Bonchev–Trinajstić information content (AvgIpc) is 2.61. The van der Waals surface area contributed by atoms with Crippen molar-refractivity contribution in [2.75, 3.05) is 5.32 Å². The highest BCUT2D eigenvalue weighted by Gasteiger charge is 2.25. The highest BCUT2D eigenvalue weighted by molar-refractivity contribution is 5.97. The van der Waals surface area contributed by atoms with Gasteiger partial charge in [0.2, 0.25) is 11.8 Å². The first-order chi connectivity index (χ1) is 12.3. The average molecular weight is 354 g/mol. The van der Waals surface area contributed by atoms with Gasteiger partial charge in [-0.2, -0.15) is 0 Å². The molecule has 2 rings (SSSR count). The summed E-state index contributed by atoms with van der Waals surface area (Å²) in [6.07, 6.45) is 0. The SMILES string of the molecule is CC(NC(=O)C(C)(C)C)C(=O)Nc1ccc(OCc2ccccc2)cc1. The number of anilines is 1. The van der Waals surface area contributed by atoms with Crippen molar-refractivity contribution in [2.24, 2.45) is 5.41 Å². The van der Waals surface area contributed by atoms with Gasteiger partial charge in [-0.05, 0) is 36.8 Å². The van der Waals surface area contributed by atoms with Gasteiger partial charge in [-0.25, -0.2) is 0 Å². The van der Waals surface area contributed by atoms with E-state index in [9.17, 15) is 9.59 Å². The van der Waals surface area contributed by atoms with Crippen LogP contribution in [0.3, 0.4) is 0 Å². The number of rotatable bonds is 6. The van der Waals surface area contributed by atoms with Crippen LogP contribution in [0.5, 0.6) is 5.75 Å². The summed E-state index contributed by atoms with van der Waals surface area (Å²) < 4.78 is 5.72. The molecule has 0 heterocycles. The Morgan fingerprint density at radius 3 is 2.19 bits per heavy atom. The summed E-state index contributed by atoms with van der Waals surface area (Å²) in [6.45, 7) is 7.57. The summed E-state index contributed by atoms with van der Waals surface area (Å²) in [5.74, 6) is 0.297. The lowest BCUT2D eigenvalue weighted by molar-refractivity contribution is -0.131. The molecule has 1 atom stereocenters. The number of benzene rings is 2. The molecular formula is C21H26N2O3. The van der Waals surface area contributed by atoms with Gasteiger partial charge in [0.25, 0.3) is 0 Å². The maximum Gasteiger partial charge on any atom is 0.246 e. The van der Waals surface area contributed by atoms with Crippen molar-refractivity contribution >= 4 is 17.5 Å². The predicted molar refractivity (Wildman–Crippen MR) is 103 cm³/mol. The number of carbonyl (C=O) groups excluding carboxylic acids is 2. The molecular weight excluding hydrogens is 328 g/mol. The van der Waals surface area contributed by atoms with Crippen LogP contribution in [0.2, 0.25) is 0 Å². The highest BCUT2D eigenvalue weighted by Crippen LogP contribution is 2.18. The van der Waals surface area contributed by atoms with Crippen molar-refractivity contribution in [1.29, 1.82) is 0 Å². The Morgan fingerprint density at radius 2 is 1.62 bits per heavy atom. The molecule has 0 spiro atoms. The monoisotopic (exact) mass is 354 g/mol. The zero-order valence-corrected chi connectivity index (χ0v) is 15.7. The molecule has 0 fully saturated rings. The molecule has 0 aliphatic rings. The van der Waals surface area contributed by atoms with Gasteiger partial charge in [0.1, 0.15) is 18.4 Å². The van der Waals surface area contributed by atoms with E-state index in [0.717, 1.165) is 11.3 Å². The Balaban J connectivity index is 1.86. The standard InChI is InChI=1S/C21H26N2O3/c1-15(22-20(25)21(2,3)4)19(24)23-17-10-12-18(13-11-17)26-14-16-8-6-5-7-9-16/h5-13,15H,14H2,1-4H3,(H,22,25)(H,23,24). The minimum atomic E-state index is -0.615. The molecule has 0 aliphatic carbocycles. The van der Waals surface area contributed by atoms with Gasteiger partial charge >= 0.3 is 0 Å². The van der Waals surface area contributed by atoms with Gasteiger partial charge in [0.15, 0.2) is 0 Å². The van der Waals surface area contributed by atoms with E-state index in [0.29, 0.717) is 12.3 Å². The van der Waals surface area contributed by atoms with Gasteiger partial charge in [-0.1, -0.05) is 51.1 Å². The van der Waals surface area contributed by atoms with E-state index in [1.807, 2.05) is 30.3 Å². The van der Waals surface area contributed by atoms with Crippen molar-refractivity contribution < 1.29 is 14.3 Å². The maximum atomic E-state index is 12.2. The molecule has 0 aliphatic heterocycles. The van der Waals surface area contributed by atoms with E-state index in [1.54, 1.807) is 52.0 Å². The molecule has 2 N–H and O–H groups in total. The van der Waals surface area contributed by atoms with Crippen LogP contribution in [-0.2, 0) is 16.2 Å². The van der Waals surface area contributed by atoms with Gasteiger partial charge in [-0.3, -0.25) is 9.59 Å². The Hall–Kier alpha value is -2.82. The lowest BCUT2D eigenvalue weighted by Crippen LogP contribution is -2.46. The quantitative estimate of drug-likeness (QED) is 0.830. The Kier molecular flexibility index (Phi) is 6.39. The summed E-state index contributed by atoms with van der Waals surface area (Å²) in [7, 11) is 0. The van der Waals surface area contributed by atoms with E-state index < -0.39 is 11.5 Å². The number of hydrogen-bond donors (Lipinski definition) is 2. The topological polar surface area (TPSA) is 67.4 Å². The van der Waals surface area contributed by atoms with Crippen molar-refractivity contribution in [2.45, 2.75) is 40.3 Å². The van der Waals surface area contributed by atoms with E-state index in [4.69, 9.17) is 4.74 Å². The molecule has 138 valence electrons. The summed E-state index contributed by atoms with van der Waals surface area (Å²) in [5, 5.41) is 5.50. The van der Waals surface area contributed by atoms with Gasteiger partial charge in [0, 0.05) is 11.1 Å². The van der Waals surface area contributed by atoms with Gasteiger partial charge in [0.05, 0.1) is 0 Å². The molecule has 0 radical (unpaired) electrons. The zero-order chi connectivity index (χ0) is 19.2. The van der Waals surface area contributed by atoms with E-state index in [2.05, 4.69) is 10.6 Å². The summed E-state index contributed by atoms with van der Waals surface area (Å²) in [5.41, 5.74) is 1.21. The Morgan fingerprint density at radius 1 is 1.00 bits per heavy atom. The van der Waals surface area contributed by atoms with Gasteiger partial charge in [-0.15, -0.1) is 0 Å². The van der Waals surface area contributed by atoms with E-state index in [-0.39, 0.29) is 11.8 Å². The number of nitrogens with one attached hydrogen (secondary N) is 2. The molecule has 2 amide bonds. The third-order valence-electron chi connectivity index (χ3n) is 3.79. The molecule has 0 saturated carbocycles. The first-order valence-electron chi connectivity index (χ1n) is 8.64. The van der Waals surface area contributed by atoms with Crippen molar-refractivity contribution in [3.8, 4) is 5.75 Å². The van der Waals surface area contributed by atoms with Crippen LogP contribution in [0.15, 0.2) is 54.6 Å². The van der Waals surface area contributed by atoms with E-state index >= 15 is 0 Å². The molecule has 2 aromatic carbocycles. The molecule has 0 aromatic heterocycles. The van der Waals surface area contributed by atoms with Crippen LogP contribution in [-0.4, -0.2) is 17.9 Å². The van der Waals surface area contributed by atoms with Crippen molar-refractivity contribution in [3.05, 3.63) is 60.2 Å². The largest absolute Gasteiger partial charge is 0.489 e. The maximum absolute atomic E-state index is 12.2. The Bertz CT molecular complexity index is 734. The second-order valence-corrected chi connectivity index (χ2v) is 7.23. The first kappa shape index (κ1) is 19.5. The number of hydrogen-bond acceptors (Lipinski definition) is 3. The van der Waals surface area contributed by atoms with Crippen molar-refractivity contribution in [1.82, 2.24) is 5.32 Å². The van der Waals surface area contributed by atoms with Crippen LogP contribution in [0, 0.1) is 5.41 Å². The number of amides is 2. The van der Waals surface area contributed by atoms with Gasteiger partial charge < -0.3 is 15.4 Å². The highest BCUT2D eigenvalue weighted by atomic mass is 16.5. The zero-order valence-electron chi connectivity index (χ0n) is 15.7.